The Labute approximate surface area is 197 Å². The van der Waals surface area contributed by atoms with Crippen molar-refractivity contribution in [2.75, 3.05) is 6.79 Å². The second-order valence-corrected chi connectivity index (χ2v) is 8.51. The number of hydrogen-bond donors (Lipinski definition) is 1. The minimum absolute atomic E-state index is 0.133. The van der Waals surface area contributed by atoms with Crippen molar-refractivity contribution in [3.8, 4) is 28.4 Å². The highest BCUT2D eigenvalue weighted by Gasteiger charge is 2.20. The summed E-state index contributed by atoms with van der Waals surface area (Å²) in [4.78, 5) is 13.2. The molecule has 0 saturated carbocycles. The van der Waals surface area contributed by atoms with Crippen LogP contribution in [0.1, 0.15) is 27.2 Å². The van der Waals surface area contributed by atoms with E-state index in [9.17, 15) is 4.79 Å². The van der Waals surface area contributed by atoms with Crippen LogP contribution in [0.25, 0.3) is 16.9 Å². The molecule has 33 heavy (non-hydrogen) atoms. The molecule has 0 atom stereocenters. The molecule has 0 spiro atoms. The molecule has 3 aromatic carbocycles. The van der Waals surface area contributed by atoms with Gasteiger partial charge in [-0.2, -0.15) is 0 Å². The van der Waals surface area contributed by atoms with Crippen LogP contribution in [0.15, 0.2) is 72.8 Å². The first-order valence-corrected chi connectivity index (χ1v) is 11.1. The highest BCUT2D eigenvalue weighted by Crippen LogP contribution is 2.33. The van der Waals surface area contributed by atoms with Crippen LogP contribution >= 0.6 is 11.6 Å². The highest BCUT2D eigenvalue weighted by atomic mass is 35.5. The van der Waals surface area contributed by atoms with Gasteiger partial charge in [0, 0.05) is 22.9 Å². The Balaban J connectivity index is 1.48. The summed E-state index contributed by atoms with van der Waals surface area (Å²) in [6, 6.07) is 23.5. The summed E-state index contributed by atoms with van der Waals surface area (Å²) in [5.74, 6) is 1.29. The Morgan fingerprint density at radius 3 is 2.42 bits per heavy atom. The number of fused-ring (bicyclic) bond motifs is 1. The van der Waals surface area contributed by atoms with Crippen molar-refractivity contribution in [2.45, 2.75) is 20.4 Å². The van der Waals surface area contributed by atoms with Gasteiger partial charge in [-0.3, -0.25) is 4.79 Å². The molecule has 166 valence electrons. The average Bonchev–Trinajstić information content (AvgIpc) is 3.42. The van der Waals surface area contributed by atoms with Gasteiger partial charge >= 0.3 is 0 Å². The van der Waals surface area contributed by atoms with Crippen LogP contribution in [0, 0.1) is 13.8 Å². The Kier molecular flexibility index (Phi) is 5.56. The van der Waals surface area contributed by atoms with Gasteiger partial charge in [0.15, 0.2) is 11.5 Å². The molecule has 0 aliphatic carbocycles. The summed E-state index contributed by atoms with van der Waals surface area (Å²) in [5, 5.41) is 3.71. The van der Waals surface area contributed by atoms with Crippen LogP contribution < -0.4 is 14.8 Å². The predicted molar refractivity (Wildman–Crippen MR) is 129 cm³/mol. The molecule has 1 amide bonds. The van der Waals surface area contributed by atoms with Crippen molar-refractivity contribution in [1.82, 2.24) is 9.88 Å². The smallest absolute Gasteiger partial charge is 0.253 e. The summed E-state index contributed by atoms with van der Waals surface area (Å²) in [6.07, 6.45) is 0. The van der Waals surface area contributed by atoms with E-state index in [4.69, 9.17) is 21.1 Å². The quantitative estimate of drug-likeness (QED) is 0.394. The predicted octanol–water partition coefficient (Wildman–Crippen LogP) is 6.07. The maximum absolute atomic E-state index is 13.2. The zero-order valence-corrected chi connectivity index (χ0v) is 19.1. The Bertz CT molecular complexity index is 1320. The lowest BCUT2D eigenvalue weighted by Crippen LogP contribution is -2.23. The van der Waals surface area contributed by atoms with Gasteiger partial charge in [0.1, 0.15) is 0 Å². The van der Waals surface area contributed by atoms with Gasteiger partial charge in [0.05, 0.1) is 11.3 Å². The van der Waals surface area contributed by atoms with E-state index >= 15 is 0 Å². The standard InChI is InChI=1S/C27H23ClN2O3/c1-17-3-10-22(11-4-17)30-18(2)23(14-24(30)20-6-8-21(28)9-7-20)27(31)29-15-19-5-12-25-26(13-19)33-16-32-25/h3-14H,15-16H2,1-2H3,(H,29,31). The molecular formula is C27H23ClN2O3. The number of benzene rings is 3. The molecule has 4 aromatic rings. The van der Waals surface area contributed by atoms with Crippen molar-refractivity contribution in [2.24, 2.45) is 0 Å². The lowest BCUT2D eigenvalue weighted by atomic mass is 10.1. The van der Waals surface area contributed by atoms with Gasteiger partial charge in [-0.1, -0.05) is 47.5 Å². The first-order valence-electron chi connectivity index (χ1n) is 10.7. The zero-order valence-electron chi connectivity index (χ0n) is 18.4. The molecule has 0 bridgehead atoms. The van der Waals surface area contributed by atoms with Crippen LogP contribution in [-0.2, 0) is 6.54 Å². The molecule has 6 heteroatoms. The zero-order chi connectivity index (χ0) is 22.9. The minimum Gasteiger partial charge on any atom is -0.454 e. The van der Waals surface area contributed by atoms with Gasteiger partial charge in [-0.15, -0.1) is 0 Å². The van der Waals surface area contributed by atoms with E-state index in [1.807, 2.05) is 55.5 Å². The van der Waals surface area contributed by atoms with E-state index in [2.05, 4.69) is 41.1 Å². The van der Waals surface area contributed by atoms with E-state index in [1.165, 1.54) is 5.56 Å². The topological polar surface area (TPSA) is 52.5 Å². The molecule has 5 nitrogen and oxygen atoms in total. The molecule has 1 N–H and O–H groups in total. The fraction of sp³-hybridized carbons (Fsp3) is 0.148. The summed E-state index contributed by atoms with van der Waals surface area (Å²) in [5.41, 5.74) is 6.53. The second-order valence-electron chi connectivity index (χ2n) is 8.08. The Morgan fingerprint density at radius 2 is 1.67 bits per heavy atom. The third-order valence-corrected chi connectivity index (χ3v) is 6.07. The number of carbonyl (C=O) groups excluding carboxylic acids is 1. The molecule has 0 saturated heterocycles. The number of ether oxygens (including phenoxy) is 2. The van der Waals surface area contributed by atoms with E-state index in [0.29, 0.717) is 22.9 Å². The second kappa shape index (κ2) is 8.68. The molecule has 0 fully saturated rings. The van der Waals surface area contributed by atoms with E-state index in [1.54, 1.807) is 0 Å². The number of nitrogens with one attached hydrogen (secondary N) is 1. The summed E-state index contributed by atoms with van der Waals surface area (Å²) >= 11 is 6.11. The van der Waals surface area contributed by atoms with E-state index in [0.717, 1.165) is 34.0 Å². The monoisotopic (exact) mass is 458 g/mol. The number of carbonyl (C=O) groups is 1. The van der Waals surface area contributed by atoms with Crippen LogP contribution in [0.2, 0.25) is 5.02 Å². The Hall–Kier alpha value is -3.70. The maximum Gasteiger partial charge on any atom is 0.253 e. The van der Waals surface area contributed by atoms with Crippen LogP contribution in [0.4, 0.5) is 0 Å². The number of halogens is 1. The number of rotatable bonds is 5. The largest absolute Gasteiger partial charge is 0.454 e. The van der Waals surface area contributed by atoms with Crippen molar-refractivity contribution in [3.05, 3.63) is 100 Å². The van der Waals surface area contributed by atoms with Gasteiger partial charge in [-0.05, 0) is 67.4 Å². The Morgan fingerprint density at radius 1 is 0.939 bits per heavy atom. The highest BCUT2D eigenvalue weighted by molar-refractivity contribution is 6.30. The molecule has 5 rings (SSSR count). The molecule has 1 aromatic heterocycles. The molecular weight excluding hydrogens is 436 g/mol. The van der Waals surface area contributed by atoms with Crippen molar-refractivity contribution >= 4 is 17.5 Å². The molecule has 1 aliphatic rings. The molecule has 2 heterocycles. The number of aromatic nitrogens is 1. The van der Waals surface area contributed by atoms with Gasteiger partial charge in [0.25, 0.3) is 5.91 Å². The van der Waals surface area contributed by atoms with Gasteiger partial charge in [-0.25, -0.2) is 0 Å². The first kappa shape index (κ1) is 21.2. The fourth-order valence-corrected chi connectivity index (χ4v) is 4.15. The minimum atomic E-state index is -0.133. The number of nitrogens with zero attached hydrogens (tertiary/aromatic N) is 1. The lowest BCUT2D eigenvalue weighted by molar-refractivity contribution is 0.0950. The first-order chi connectivity index (χ1) is 16.0. The lowest BCUT2D eigenvalue weighted by Gasteiger charge is -2.13. The van der Waals surface area contributed by atoms with Crippen molar-refractivity contribution in [1.29, 1.82) is 0 Å². The van der Waals surface area contributed by atoms with Gasteiger partial charge < -0.3 is 19.4 Å². The summed E-state index contributed by atoms with van der Waals surface area (Å²) < 4.78 is 12.9. The number of amides is 1. The molecule has 0 unspecified atom stereocenters. The van der Waals surface area contributed by atoms with Crippen molar-refractivity contribution in [3.63, 3.8) is 0 Å². The third kappa shape index (κ3) is 4.20. The summed E-state index contributed by atoms with van der Waals surface area (Å²) in [6.45, 7) is 4.64. The SMILES string of the molecule is Cc1ccc(-n2c(-c3ccc(Cl)cc3)cc(C(=O)NCc3ccc4c(c3)OCO4)c2C)cc1. The van der Waals surface area contributed by atoms with Crippen molar-refractivity contribution < 1.29 is 14.3 Å². The van der Waals surface area contributed by atoms with Crippen LogP contribution in [-0.4, -0.2) is 17.3 Å². The summed E-state index contributed by atoms with van der Waals surface area (Å²) in [7, 11) is 0. The van der Waals surface area contributed by atoms with Crippen LogP contribution in [0.3, 0.4) is 0 Å². The van der Waals surface area contributed by atoms with Gasteiger partial charge in [0.2, 0.25) is 6.79 Å². The normalized spacial score (nSPS) is 12.1. The molecule has 1 aliphatic heterocycles. The molecule has 0 radical (unpaired) electrons. The fourth-order valence-electron chi connectivity index (χ4n) is 4.02. The van der Waals surface area contributed by atoms with E-state index in [-0.39, 0.29) is 12.7 Å². The van der Waals surface area contributed by atoms with E-state index < -0.39 is 0 Å². The number of hydrogen-bond acceptors (Lipinski definition) is 3. The van der Waals surface area contributed by atoms with Crippen LogP contribution in [0.5, 0.6) is 11.5 Å². The third-order valence-electron chi connectivity index (χ3n) is 5.81. The number of aryl methyl sites for hydroxylation is 1. The average molecular weight is 459 g/mol. The maximum atomic E-state index is 13.2.